The number of carbonyl (C=O) groups is 2. The first-order chi connectivity index (χ1) is 16.3. The van der Waals surface area contributed by atoms with Crippen molar-refractivity contribution >= 4 is 34.7 Å². The van der Waals surface area contributed by atoms with Gasteiger partial charge in [-0.15, -0.1) is 0 Å². The van der Waals surface area contributed by atoms with E-state index in [9.17, 15) is 19.8 Å². The molecule has 0 aliphatic carbocycles. The molecule has 0 spiro atoms. The average Bonchev–Trinajstić information content (AvgIpc) is 2.82. The van der Waals surface area contributed by atoms with Gasteiger partial charge in [0.15, 0.2) is 0 Å². The van der Waals surface area contributed by atoms with Crippen LogP contribution < -0.4 is 10.6 Å². The molecule has 8 heteroatoms. The van der Waals surface area contributed by atoms with E-state index in [-0.39, 0.29) is 22.6 Å². The smallest absolute Gasteiger partial charge is 0.339 e. The third-order valence-electron chi connectivity index (χ3n) is 5.13. The van der Waals surface area contributed by atoms with Crippen molar-refractivity contribution in [2.45, 2.75) is 0 Å². The van der Waals surface area contributed by atoms with E-state index in [1.807, 2.05) is 48.5 Å². The normalized spacial score (nSPS) is 10.5. The third-order valence-corrected chi connectivity index (χ3v) is 5.13. The molecule has 170 valence electrons. The first-order valence-electron chi connectivity index (χ1n) is 10.2. The third kappa shape index (κ3) is 4.91. The Labute approximate surface area is 194 Å². The lowest BCUT2D eigenvalue weighted by molar-refractivity contribution is 0.0682. The molecule has 0 fully saturated rings. The lowest BCUT2D eigenvalue weighted by Crippen LogP contribution is -1.99. The van der Waals surface area contributed by atoms with Gasteiger partial charge in [-0.25, -0.2) is 9.59 Å². The quantitative estimate of drug-likeness (QED) is 0.196. The first kappa shape index (κ1) is 22.2. The summed E-state index contributed by atoms with van der Waals surface area (Å²) in [5, 5.41) is 43.8. The van der Waals surface area contributed by atoms with Crippen LogP contribution in [0.2, 0.25) is 0 Å². The minimum absolute atomic E-state index is 0.179. The molecule has 34 heavy (non-hydrogen) atoms. The van der Waals surface area contributed by atoms with Crippen LogP contribution in [-0.2, 0) is 0 Å². The summed E-state index contributed by atoms with van der Waals surface area (Å²) < 4.78 is 0. The maximum absolute atomic E-state index is 11.2. The van der Waals surface area contributed by atoms with Crippen molar-refractivity contribution in [3.8, 4) is 22.6 Å². The second kappa shape index (κ2) is 9.25. The molecule has 0 radical (unpaired) electrons. The molecule has 0 bridgehead atoms. The molecule has 0 aromatic heterocycles. The average molecular weight is 456 g/mol. The lowest BCUT2D eigenvalue weighted by Gasteiger charge is -2.11. The van der Waals surface area contributed by atoms with E-state index >= 15 is 0 Å². The maximum Gasteiger partial charge on any atom is 0.339 e. The van der Waals surface area contributed by atoms with Gasteiger partial charge in [0.05, 0.1) is 0 Å². The fourth-order valence-corrected chi connectivity index (χ4v) is 3.40. The summed E-state index contributed by atoms with van der Waals surface area (Å²) in [5.41, 5.74) is 4.16. The topological polar surface area (TPSA) is 139 Å². The predicted molar refractivity (Wildman–Crippen MR) is 129 cm³/mol. The van der Waals surface area contributed by atoms with E-state index in [0.717, 1.165) is 22.5 Å². The van der Waals surface area contributed by atoms with Gasteiger partial charge in [-0.05, 0) is 71.8 Å². The second-order valence-corrected chi connectivity index (χ2v) is 7.48. The zero-order chi connectivity index (χ0) is 24.2. The van der Waals surface area contributed by atoms with Crippen LogP contribution in [0, 0.1) is 0 Å². The summed E-state index contributed by atoms with van der Waals surface area (Å²) in [6, 6.07) is 23.7. The highest BCUT2D eigenvalue weighted by Gasteiger charge is 2.11. The summed E-state index contributed by atoms with van der Waals surface area (Å²) in [6.45, 7) is 0. The van der Waals surface area contributed by atoms with Crippen LogP contribution in [0.25, 0.3) is 11.1 Å². The maximum atomic E-state index is 11.2. The number of hydrogen-bond acceptors (Lipinski definition) is 6. The SMILES string of the molecule is O=C(O)c1cc(Nc2ccc(-c3ccc(Nc4ccc(O)c(C(=O)O)c4)cc3)cc2)ccc1O. The molecule has 8 nitrogen and oxygen atoms in total. The molecule has 0 amide bonds. The number of hydrogen-bond donors (Lipinski definition) is 6. The van der Waals surface area contributed by atoms with Gasteiger partial charge in [0.2, 0.25) is 0 Å². The number of rotatable bonds is 7. The molecule has 0 aliphatic heterocycles. The Balaban J connectivity index is 1.45. The Morgan fingerprint density at radius 2 is 0.824 bits per heavy atom. The molecule has 0 heterocycles. The zero-order valence-corrected chi connectivity index (χ0v) is 17.7. The van der Waals surface area contributed by atoms with Gasteiger partial charge in [0, 0.05) is 22.7 Å². The minimum Gasteiger partial charge on any atom is -0.507 e. The van der Waals surface area contributed by atoms with E-state index in [2.05, 4.69) is 10.6 Å². The zero-order valence-electron chi connectivity index (χ0n) is 17.7. The van der Waals surface area contributed by atoms with Crippen molar-refractivity contribution in [2.75, 3.05) is 10.6 Å². The van der Waals surface area contributed by atoms with Crippen molar-refractivity contribution in [2.24, 2.45) is 0 Å². The van der Waals surface area contributed by atoms with Crippen molar-refractivity contribution in [1.82, 2.24) is 0 Å². The molecule has 4 rings (SSSR count). The first-order valence-corrected chi connectivity index (χ1v) is 10.2. The minimum atomic E-state index is -1.21. The van der Waals surface area contributed by atoms with Crippen molar-refractivity contribution in [1.29, 1.82) is 0 Å². The number of benzene rings is 4. The van der Waals surface area contributed by atoms with Crippen molar-refractivity contribution in [3.63, 3.8) is 0 Å². The Morgan fingerprint density at radius 1 is 0.500 bits per heavy atom. The van der Waals surface area contributed by atoms with E-state index in [0.29, 0.717) is 11.4 Å². The molecule has 0 saturated heterocycles. The standard InChI is InChI=1S/C26H20N2O6/c29-23-11-9-19(13-21(23)25(31)32)27-17-5-1-15(2-6-17)16-3-7-18(8-4-16)28-20-10-12-24(30)22(14-20)26(33)34/h1-14,27-30H,(H,31,32)(H,33,34). The molecule has 0 aliphatic rings. The predicted octanol–water partition coefficient (Wildman–Crippen LogP) is 5.65. The van der Waals surface area contributed by atoms with Crippen LogP contribution in [0.4, 0.5) is 22.7 Å². The highest BCUT2D eigenvalue weighted by Crippen LogP contribution is 2.28. The monoisotopic (exact) mass is 456 g/mol. The van der Waals surface area contributed by atoms with E-state index < -0.39 is 11.9 Å². The number of aromatic carboxylic acids is 2. The summed E-state index contributed by atoms with van der Waals surface area (Å²) in [6.07, 6.45) is 0. The Hall–Kier alpha value is -4.98. The fraction of sp³-hybridized carbons (Fsp3) is 0. The summed E-state index contributed by atoms with van der Waals surface area (Å²) in [5.74, 6) is -3.00. The fourth-order valence-electron chi connectivity index (χ4n) is 3.40. The van der Waals surface area contributed by atoms with Gasteiger partial charge in [0.25, 0.3) is 0 Å². The number of carboxylic acids is 2. The van der Waals surface area contributed by atoms with Crippen LogP contribution in [0.5, 0.6) is 11.5 Å². The van der Waals surface area contributed by atoms with Crippen molar-refractivity contribution in [3.05, 3.63) is 96.1 Å². The highest BCUT2D eigenvalue weighted by atomic mass is 16.4. The summed E-state index contributed by atoms with van der Waals surface area (Å²) in [7, 11) is 0. The van der Waals surface area contributed by atoms with E-state index in [1.54, 1.807) is 12.1 Å². The molecular formula is C26H20N2O6. The number of anilines is 4. The van der Waals surface area contributed by atoms with Crippen LogP contribution in [0.15, 0.2) is 84.9 Å². The summed E-state index contributed by atoms with van der Waals surface area (Å²) in [4.78, 5) is 22.4. The van der Waals surface area contributed by atoms with Gasteiger partial charge in [-0.3, -0.25) is 0 Å². The largest absolute Gasteiger partial charge is 0.507 e. The number of nitrogens with one attached hydrogen (secondary N) is 2. The molecular weight excluding hydrogens is 436 g/mol. The Bertz CT molecular complexity index is 1260. The Kier molecular flexibility index (Phi) is 6.05. The number of carboxylic acid groups (broad SMARTS) is 2. The van der Waals surface area contributed by atoms with Gasteiger partial charge in [-0.2, -0.15) is 0 Å². The van der Waals surface area contributed by atoms with Gasteiger partial charge >= 0.3 is 11.9 Å². The van der Waals surface area contributed by atoms with Crippen LogP contribution >= 0.6 is 0 Å². The lowest BCUT2D eigenvalue weighted by atomic mass is 10.0. The number of phenols is 2. The van der Waals surface area contributed by atoms with Crippen LogP contribution in [0.1, 0.15) is 20.7 Å². The van der Waals surface area contributed by atoms with Crippen LogP contribution in [0.3, 0.4) is 0 Å². The second-order valence-electron chi connectivity index (χ2n) is 7.48. The van der Waals surface area contributed by atoms with Gasteiger partial charge in [-0.1, -0.05) is 24.3 Å². The molecule has 4 aromatic rings. The van der Waals surface area contributed by atoms with E-state index in [4.69, 9.17) is 10.2 Å². The number of aromatic hydroxyl groups is 2. The molecule has 6 N–H and O–H groups in total. The molecule has 0 saturated carbocycles. The molecule has 4 aromatic carbocycles. The van der Waals surface area contributed by atoms with Gasteiger partial charge in [0.1, 0.15) is 22.6 Å². The summed E-state index contributed by atoms with van der Waals surface area (Å²) >= 11 is 0. The molecule has 0 atom stereocenters. The Morgan fingerprint density at radius 3 is 1.15 bits per heavy atom. The highest BCUT2D eigenvalue weighted by molar-refractivity contribution is 5.93. The van der Waals surface area contributed by atoms with Gasteiger partial charge < -0.3 is 31.1 Å². The van der Waals surface area contributed by atoms with Crippen molar-refractivity contribution < 1.29 is 30.0 Å². The van der Waals surface area contributed by atoms with E-state index in [1.165, 1.54) is 24.3 Å². The molecule has 0 unspecified atom stereocenters. The van der Waals surface area contributed by atoms with Crippen LogP contribution in [-0.4, -0.2) is 32.4 Å².